The van der Waals surface area contributed by atoms with Gasteiger partial charge in [0.1, 0.15) is 11.6 Å². The van der Waals surface area contributed by atoms with Crippen molar-refractivity contribution in [3.05, 3.63) is 82.7 Å². The highest BCUT2D eigenvalue weighted by atomic mass is 19.1. The predicted molar refractivity (Wildman–Crippen MR) is 106 cm³/mol. The molecule has 0 radical (unpaired) electrons. The molecule has 0 spiro atoms. The Hall–Kier alpha value is -3.55. The van der Waals surface area contributed by atoms with Crippen LogP contribution in [0, 0.1) is 25.5 Å². The van der Waals surface area contributed by atoms with Crippen LogP contribution >= 0.6 is 0 Å². The van der Waals surface area contributed by atoms with Crippen LogP contribution in [0.3, 0.4) is 0 Å². The number of nitrogens with one attached hydrogen (secondary N) is 1. The van der Waals surface area contributed by atoms with Gasteiger partial charge in [-0.15, -0.1) is 0 Å². The summed E-state index contributed by atoms with van der Waals surface area (Å²) in [6.45, 7) is 5.21. The van der Waals surface area contributed by atoms with E-state index >= 15 is 0 Å². The number of amides is 1. The van der Waals surface area contributed by atoms with Gasteiger partial charge in [0.15, 0.2) is 6.04 Å². The molecule has 156 valence electrons. The number of ether oxygens (including phenoxy) is 1. The number of esters is 1. The number of carbonyl (C=O) groups excluding carboxylic acids is 2. The lowest BCUT2D eigenvalue weighted by Gasteiger charge is -2.18. The third kappa shape index (κ3) is 4.37. The summed E-state index contributed by atoms with van der Waals surface area (Å²) in [6.07, 6.45) is 0. The van der Waals surface area contributed by atoms with Gasteiger partial charge >= 0.3 is 5.97 Å². The molecule has 0 aliphatic heterocycles. The van der Waals surface area contributed by atoms with Gasteiger partial charge < -0.3 is 10.1 Å². The van der Waals surface area contributed by atoms with E-state index in [0.29, 0.717) is 22.6 Å². The molecule has 30 heavy (non-hydrogen) atoms. The molecule has 3 rings (SSSR count). The van der Waals surface area contributed by atoms with Crippen LogP contribution < -0.4 is 5.32 Å². The third-order valence-corrected chi connectivity index (χ3v) is 4.59. The lowest BCUT2D eigenvalue weighted by atomic mass is 10.0. The second-order valence-electron chi connectivity index (χ2n) is 6.64. The lowest BCUT2D eigenvalue weighted by molar-refractivity contribution is -0.145. The van der Waals surface area contributed by atoms with Crippen molar-refractivity contribution in [1.82, 2.24) is 15.1 Å². The van der Waals surface area contributed by atoms with Gasteiger partial charge in [-0.25, -0.2) is 18.3 Å². The summed E-state index contributed by atoms with van der Waals surface area (Å²) in [4.78, 5) is 25.3. The van der Waals surface area contributed by atoms with E-state index < -0.39 is 23.7 Å². The van der Waals surface area contributed by atoms with Crippen molar-refractivity contribution in [2.45, 2.75) is 26.8 Å². The molecule has 6 nitrogen and oxygen atoms in total. The molecule has 1 N–H and O–H groups in total. The van der Waals surface area contributed by atoms with Crippen molar-refractivity contribution in [2.75, 3.05) is 6.61 Å². The Kier molecular flexibility index (Phi) is 6.25. The molecular weight excluding hydrogens is 392 g/mol. The maximum atomic E-state index is 13.5. The Morgan fingerprint density at radius 1 is 1.10 bits per heavy atom. The largest absolute Gasteiger partial charge is 0.464 e. The average molecular weight is 413 g/mol. The van der Waals surface area contributed by atoms with E-state index in [9.17, 15) is 18.4 Å². The summed E-state index contributed by atoms with van der Waals surface area (Å²) in [5.41, 5.74) is 2.21. The molecule has 0 saturated carbocycles. The van der Waals surface area contributed by atoms with E-state index in [-0.39, 0.29) is 18.0 Å². The third-order valence-electron chi connectivity index (χ3n) is 4.59. The van der Waals surface area contributed by atoms with Gasteiger partial charge in [-0.3, -0.25) is 4.79 Å². The first-order chi connectivity index (χ1) is 14.3. The molecule has 8 heteroatoms. The number of aromatic nitrogens is 2. The normalized spacial score (nSPS) is 11.8. The smallest absolute Gasteiger partial charge is 0.333 e. The number of hydrogen-bond acceptors (Lipinski definition) is 4. The van der Waals surface area contributed by atoms with E-state index in [1.54, 1.807) is 37.6 Å². The number of nitrogens with zero attached hydrogens (tertiary/aromatic N) is 2. The van der Waals surface area contributed by atoms with E-state index in [4.69, 9.17) is 4.74 Å². The number of benzene rings is 2. The molecule has 1 atom stereocenters. The van der Waals surface area contributed by atoms with Gasteiger partial charge in [0.05, 0.1) is 18.0 Å². The van der Waals surface area contributed by atoms with Gasteiger partial charge in [0.25, 0.3) is 5.91 Å². The van der Waals surface area contributed by atoms with Crippen LogP contribution in [-0.2, 0) is 9.53 Å². The van der Waals surface area contributed by atoms with Crippen LogP contribution in [0.2, 0.25) is 0 Å². The minimum Gasteiger partial charge on any atom is -0.464 e. The monoisotopic (exact) mass is 413 g/mol. The molecule has 1 aromatic heterocycles. The van der Waals surface area contributed by atoms with E-state index in [1.165, 1.54) is 30.3 Å². The highest BCUT2D eigenvalue weighted by molar-refractivity contribution is 5.97. The fraction of sp³-hybridized carbons (Fsp3) is 0.227. The van der Waals surface area contributed by atoms with Crippen LogP contribution in [0.25, 0.3) is 5.69 Å². The standard InChI is InChI=1S/C22H21F2N3O3/c1-4-30-22(29)20(25-21(28)15-6-5-7-17(24)12-15)19-13(2)26-27(14(19)3)18-10-8-16(23)9-11-18/h5-12,20H,4H2,1-3H3,(H,25,28)/t20-/m0/s1. The van der Waals surface area contributed by atoms with Crippen molar-refractivity contribution < 1.29 is 23.1 Å². The predicted octanol–water partition coefficient (Wildman–Crippen LogP) is 3.80. The van der Waals surface area contributed by atoms with Crippen molar-refractivity contribution in [1.29, 1.82) is 0 Å². The minimum atomic E-state index is -1.14. The highest BCUT2D eigenvalue weighted by Crippen LogP contribution is 2.26. The molecule has 0 unspecified atom stereocenters. The molecule has 2 aromatic carbocycles. The first kappa shape index (κ1) is 21.2. The van der Waals surface area contributed by atoms with E-state index in [2.05, 4.69) is 10.4 Å². The Bertz CT molecular complexity index is 1080. The Balaban J connectivity index is 2.01. The van der Waals surface area contributed by atoms with Crippen molar-refractivity contribution in [3.63, 3.8) is 0 Å². The van der Waals surface area contributed by atoms with E-state index in [0.717, 1.165) is 6.07 Å². The maximum absolute atomic E-state index is 13.5. The van der Waals surface area contributed by atoms with Crippen LogP contribution in [0.4, 0.5) is 8.78 Å². The number of hydrogen-bond donors (Lipinski definition) is 1. The van der Waals surface area contributed by atoms with Gasteiger partial charge in [-0.05, 0) is 63.2 Å². The first-order valence-electron chi connectivity index (χ1n) is 9.37. The van der Waals surface area contributed by atoms with E-state index in [1.807, 2.05) is 0 Å². The summed E-state index contributed by atoms with van der Waals surface area (Å²) in [5.74, 6) is -2.23. The Labute approximate surface area is 172 Å². The second kappa shape index (κ2) is 8.86. The van der Waals surface area contributed by atoms with Gasteiger partial charge in [0, 0.05) is 16.8 Å². The first-order valence-corrected chi connectivity index (χ1v) is 9.37. The minimum absolute atomic E-state index is 0.0746. The van der Waals surface area contributed by atoms with Crippen LogP contribution in [0.5, 0.6) is 0 Å². The molecule has 1 heterocycles. The Morgan fingerprint density at radius 3 is 2.43 bits per heavy atom. The van der Waals surface area contributed by atoms with Crippen LogP contribution in [0.15, 0.2) is 48.5 Å². The number of carbonyl (C=O) groups is 2. The molecule has 0 aliphatic rings. The lowest BCUT2D eigenvalue weighted by Crippen LogP contribution is -2.35. The van der Waals surface area contributed by atoms with Gasteiger partial charge in [0.2, 0.25) is 0 Å². The Morgan fingerprint density at radius 2 is 1.80 bits per heavy atom. The van der Waals surface area contributed by atoms with Crippen molar-refractivity contribution >= 4 is 11.9 Å². The fourth-order valence-corrected chi connectivity index (χ4v) is 3.22. The van der Waals surface area contributed by atoms with Crippen molar-refractivity contribution in [3.8, 4) is 5.69 Å². The summed E-state index contributed by atoms with van der Waals surface area (Å²) < 4.78 is 33.5. The topological polar surface area (TPSA) is 73.2 Å². The fourth-order valence-electron chi connectivity index (χ4n) is 3.22. The van der Waals surface area contributed by atoms with Crippen molar-refractivity contribution in [2.24, 2.45) is 0 Å². The summed E-state index contributed by atoms with van der Waals surface area (Å²) in [7, 11) is 0. The zero-order valence-corrected chi connectivity index (χ0v) is 16.8. The van der Waals surface area contributed by atoms with Crippen LogP contribution in [0.1, 0.15) is 40.3 Å². The molecule has 3 aromatic rings. The number of aryl methyl sites for hydroxylation is 1. The van der Waals surface area contributed by atoms with Crippen LogP contribution in [-0.4, -0.2) is 28.3 Å². The maximum Gasteiger partial charge on any atom is 0.333 e. The number of rotatable bonds is 6. The van der Waals surface area contributed by atoms with Gasteiger partial charge in [-0.2, -0.15) is 5.10 Å². The summed E-state index contributed by atoms with van der Waals surface area (Å²) >= 11 is 0. The summed E-state index contributed by atoms with van der Waals surface area (Å²) in [6, 6.07) is 9.75. The molecule has 0 saturated heterocycles. The zero-order valence-electron chi connectivity index (χ0n) is 16.8. The zero-order chi connectivity index (χ0) is 21.8. The number of halogens is 2. The summed E-state index contributed by atoms with van der Waals surface area (Å²) in [5, 5.41) is 7.07. The molecule has 0 aliphatic carbocycles. The molecule has 0 fully saturated rings. The molecular formula is C22H21F2N3O3. The molecule has 1 amide bonds. The second-order valence-corrected chi connectivity index (χ2v) is 6.64. The molecule has 0 bridgehead atoms. The highest BCUT2D eigenvalue weighted by Gasteiger charge is 2.30. The average Bonchev–Trinajstić information content (AvgIpc) is 3.01. The quantitative estimate of drug-likeness (QED) is 0.624. The SMILES string of the molecule is CCOC(=O)[C@@H](NC(=O)c1cccc(F)c1)c1c(C)nn(-c2ccc(F)cc2)c1C. The van der Waals surface area contributed by atoms with Gasteiger partial charge in [-0.1, -0.05) is 6.07 Å².